The van der Waals surface area contributed by atoms with Gasteiger partial charge in [-0.05, 0) is 31.2 Å². The number of rotatable bonds is 6. The summed E-state index contributed by atoms with van der Waals surface area (Å²) in [5.41, 5.74) is 1.77. The van der Waals surface area contributed by atoms with Crippen LogP contribution in [0.5, 0.6) is 11.5 Å². The summed E-state index contributed by atoms with van der Waals surface area (Å²) >= 11 is 0. The number of benzene rings is 3. The third kappa shape index (κ3) is 4.42. The molecule has 0 aromatic heterocycles. The second kappa shape index (κ2) is 8.18. The van der Waals surface area contributed by atoms with Crippen LogP contribution in [0.15, 0.2) is 78.6 Å². The van der Waals surface area contributed by atoms with Gasteiger partial charge in [-0.15, -0.1) is 0 Å². The van der Waals surface area contributed by atoms with Gasteiger partial charge in [0.15, 0.2) is 5.76 Å². The molecular weight excluding hydrogens is 358 g/mol. The Morgan fingerprint density at radius 1 is 1.00 bits per heavy atom. The van der Waals surface area contributed by atoms with Crippen molar-refractivity contribution in [2.75, 3.05) is 0 Å². The number of ketones is 1. The number of phenolic OH excluding ortho intramolecular Hbond substituents is 1. The van der Waals surface area contributed by atoms with Crippen molar-refractivity contribution in [1.29, 1.82) is 0 Å². The van der Waals surface area contributed by atoms with Crippen molar-refractivity contribution in [3.8, 4) is 11.5 Å². The van der Waals surface area contributed by atoms with Gasteiger partial charge in [-0.3, -0.25) is 14.9 Å². The van der Waals surface area contributed by atoms with E-state index in [1.165, 1.54) is 36.4 Å². The zero-order valence-electron chi connectivity index (χ0n) is 15.0. The number of para-hydroxylation sites is 1. The highest BCUT2D eigenvalue weighted by Crippen LogP contribution is 2.25. The van der Waals surface area contributed by atoms with E-state index < -0.39 is 4.92 Å². The molecule has 0 atom stereocenters. The average Bonchev–Trinajstić information content (AvgIpc) is 2.69. The van der Waals surface area contributed by atoms with Crippen molar-refractivity contribution in [3.63, 3.8) is 0 Å². The Morgan fingerprint density at radius 3 is 2.25 bits per heavy atom. The van der Waals surface area contributed by atoms with E-state index in [0.29, 0.717) is 11.1 Å². The predicted octanol–water partition coefficient (Wildman–Crippen LogP) is 4.91. The Morgan fingerprint density at radius 2 is 1.64 bits per heavy atom. The largest absolute Gasteiger partial charge is 0.507 e. The number of nitro benzene ring substituents is 1. The molecule has 0 aliphatic heterocycles. The Bertz CT molecular complexity index is 1040. The Balaban J connectivity index is 1.98. The number of ether oxygens (including phenoxy) is 1. The molecule has 0 saturated carbocycles. The first-order chi connectivity index (χ1) is 13.4. The highest BCUT2D eigenvalue weighted by molar-refractivity contribution is 6.10. The second-order valence-corrected chi connectivity index (χ2v) is 6.12. The van der Waals surface area contributed by atoms with Gasteiger partial charge in [0.2, 0.25) is 5.78 Å². The van der Waals surface area contributed by atoms with E-state index in [2.05, 4.69) is 0 Å². The van der Waals surface area contributed by atoms with Gasteiger partial charge in [-0.25, -0.2) is 0 Å². The zero-order valence-corrected chi connectivity index (χ0v) is 15.0. The van der Waals surface area contributed by atoms with Gasteiger partial charge in [0.1, 0.15) is 11.5 Å². The van der Waals surface area contributed by atoms with E-state index in [9.17, 15) is 20.0 Å². The fourth-order valence-electron chi connectivity index (χ4n) is 2.50. The molecule has 140 valence electrons. The summed E-state index contributed by atoms with van der Waals surface area (Å²) in [5.74, 6) is -0.113. The first-order valence-corrected chi connectivity index (χ1v) is 8.47. The van der Waals surface area contributed by atoms with Crippen LogP contribution in [0.1, 0.15) is 21.5 Å². The highest BCUT2D eigenvalue weighted by Gasteiger charge is 2.16. The lowest BCUT2D eigenvalue weighted by molar-refractivity contribution is -0.384. The van der Waals surface area contributed by atoms with Gasteiger partial charge in [-0.1, -0.05) is 48.0 Å². The molecule has 0 spiro atoms. The molecule has 28 heavy (non-hydrogen) atoms. The smallest absolute Gasteiger partial charge is 0.269 e. The summed E-state index contributed by atoms with van der Waals surface area (Å²) < 4.78 is 5.73. The third-order valence-corrected chi connectivity index (χ3v) is 4.04. The maximum atomic E-state index is 13.0. The molecule has 0 radical (unpaired) electrons. The first kappa shape index (κ1) is 18.8. The van der Waals surface area contributed by atoms with Crippen LogP contribution < -0.4 is 4.74 Å². The number of hydrogen-bond donors (Lipinski definition) is 1. The molecule has 0 aliphatic rings. The van der Waals surface area contributed by atoms with Crippen molar-refractivity contribution in [2.24, 2.45) is 0 Å². The summed E-state index contributed by atoms with van der Waals surface area (Å²) in [6, 6.07) is 19.0. The number of allylic oxidation sites excluding steroid dienone is 1. The number of nitrogens with zero attached hydrogens (tertiary/aromatic N) is 1. The molecule has 0 unspecified atom stereocenters. The second-order valence-electron chi connectivity index (χ2n) is 6.12. The molecule has 0 bridgehead atoms. The van der Waals surface area contributed by atoms with Gasteiger partial charge in [0, 0.05) is 23.3 Å². The standard InChI is InChI=1S/C22H17NO5/c1-15-6-8-16(9-7-15)22(25)21(14-17-4-2-3-5-20(17)24)28-19-12-10-18(11-13-19)23(26)27/h2-14,24H,1H3/b21-14-. The molecule has 1 N–H and O–H groups in total. The summed E-state index contributed by atoms with van der Waals surface area (Å²) in [6.45, 7) is 1.92. The van der Waals surface area contributed by atoms with Crippen LogP contribution in [0, 0.1) is 17.0 Å². The van der Waals surface area contributed by atoms with Crippen LogP contribution in [0.2, 0.25) is 0 Å². The van der Waals surface area contributed by atoms with Gasteiger partial charge in [0.25, 0.3) is 5.69 Å². The fraction of sp³-hybridized carbons (Fsp3) is 0.0455. The Hall–Kier alpha value is -3.93. The molecule has 3 aromatic rings. The molecule has 3 rings (SSSR count). The van der Waals surface area contributed by atoms with Crippen molar-refractivity contribution in [1.82, 2.24) is 0 Å². The van der Waals surface area contributed by atoms with E-state index in [-0.39, 0.29) is 28.7 Å². The van der Waals surface area contributed by atoms with E-state index in [0.717, 1.165) is 5.56 Å². The first-order valence-electron chi connectivity index (χ1n) is 8.47. The number of phenols is 1. The van der Waals surface area contributed by atoms with Gasteiger partial charge in [-0.2, -0.15) is 0 Å². The van der Waals surface area contributed by atoms with Crippen LogP contribution in [0.3, 0.4) is 0 Å². The van der Waals surface area contributed by atoms with Crippen LogP contribution in [-0.4, -0.2) is 15.8 Å². The number of nitro groups is 1. The SMILES string of the molecule is Cc1ccc(C(=O)/C(=C/c2ccccc2O)Oc2ccc([N+](=O)[O-])cc2)cc1. The summed E-state index contributed by atoms with van der Waals surface area (Å²) in [4.78, 5) is 23.3. The summed E-state index contributed by atoms with van der Waals surface area (Å²) in [5, 5.41) is 20.8. The van der Waals surface area contributed by atoms with E-state index in [4.69, 9.17) is 4.74 Å². The maximum absolute atomic E-state index is 13.0. The monoisotopic (exact) mass is 375 g/mol. The van der Waals surface area contributed by atoms with Crippen molar-refractivity contribution in [3.05, 3.63) is 105 Å². The molecule has 6 heteroatoms. The lowest BCUT2D eigenvalue weighted by atomic mass is 10.1. The van der Waals surface area contributed by atoms with E-state index >= 15 is 0 Å². The Kier molecular flexibility index (Phi) is 5.50. The molecule has 3 aromatic carbocycles. The van der Waals surface area contributed by atoms with Crippen molar-refractivity contribution >= 4 is 17.5 Å². The number of aromatic hydroxyl groups is 1. The number of non-ortho nitro benzene ring substituents is 1. The molecule has 0 amide bonds. The third-order valence-electron chi connectivity index (χ3n) is 4.04. The van der Waals surface area contributed by atoms with Crippen LogP contribution in [-0.2, 0) is 0 Å². The number of carbonyl (C=O) groups is 1. The van der Waals surface area contributed by atoms with Crippen molar-refractivity contribution in [2.45, 2.75) is 6.92 Å². The number of hydrogen-bond acceptors (Lipinski definition) is 5. The number of aryl methyl sites for hydroxylation is 1. The van der Waals surface area contributed by atoms with Gasteiger partial charge >= 0.3 is 0 Å². The minimum atomic E-state index is -0.514. The minimum absolute atomic E-state index is 0.00371. The molecule has 0 heterocycles. The highest BCUT2D eigenvalue weighted by atomic mass is 16.6. The molecule has 0 fully saturated rings. The zero-order chi connectivity index (χ0) is 20.1. The molecule has 0 saturated heterocycles. The average molecular weight is 375 g/mol. The topological polar surface area (TPSA) is 89.7 Å². The summed E-state index contributed by atoms with van der Waals surface area (Å²) in [7, 11) is 0. The fourth-order valence-corrected chi connectivity index (χ4v) is 2.50. The van der Waals surface area contributed by atoms with Crippen LogP contribution >= 0.6 is 0 Å². The predicted molar refractivity (Wildman–Crippen MR) is 105 cm³/mol. The summed E-state index contributed by atoms with van der Waals surface area (Å²) in [6.07, 6.45) is 1.44. The number of carbonyl (C=O) groups excluding carboxylic acids is 1. The minimum Gasteiger partial charge on any atom is -0.507 e. The molecule has 6 nitrogen and oxygen atoms in total. The van der Waals surface area contributed by atoms with E-state index in [1.54, 1.807) is 30.3 Å². The van der Waals surface area contributed by atoms with Gasteiger partial charge < -0.3 is 9.84 Å². The lowest BCUT2D eigenvalue weighted by Crippen LogP contribution is -2.09. The van der Waals surface area contributed by atoms with Crippen LogP contribution in [0.4, 0.5) is 5.69 Å². The molecular formula is C22H17NO5. The number of Topliss-reactive ketones (excluding diaryl/α,β-unsaturated/α-hetero) is 1. The quantitative estimate of drug-likeness (QED) is 0.217. The van der Waals surface area contributed by atoms with Crippen molar-refractivity contribution < 1.29 is 19.6 Å². The van der Waals surface area contributed by atoms with Gasteiger partial charge in [0.05, 0.1) is 4.92 Å². The lowest BCUT2D eigenvalue weighted by Gasteiger charge is -2.10. The van der Waals surface area contributed by atoms with Crippen LogP contribution in [0.25, 0.3) is 6.08 Å². The normalized spacial score (nSPS) is 11.1. The Labute approximate surface area is 161 Å². The maximum Gasteiger partial charge on any atom is 0.269 e. The molecule has 0 aliphatic carbocycles. The van der Waals surface area contributed by atoms with E-state index in [1.807, 2.05) is 19.1 Å².